The summed E-state index contributed by atoms with van der Waals surface area (Å²) in [6.45, 7) is 5.58. The Morgan fingerprint density at radius 1 is 1.47 bits per heavy atom. The van der Waals surface area contributed by atoms with Crippen LogP contribution in [0.1, 0.15) is 33.6 Å². The second-order valence-corrected chi connectivity index (χ2v) is 4.62. The van der Waals surface area contributed by atoms with Crippen molar-refractivity contribution in [1.29, 1.82) is 0 Å². The first-order chi connectivity index (χ1) is 6.87. The summed E-state index contributed by atoms with van der Waals surface area (Å²) in [5.41, 5.74) is 0.588. The molecule has 1 N–H and O–H groups in total. The van der Waals surface area contributed by atoms with Crippen molar-refractivity contribution in [3.05, 3.63) is 11.3 Å². The van der Waals surface area contributed by atoms with Crippen LogP contribution < -0.4 is 0 Å². The van der Waals surface area contributed by atoms with Crippen LogP contribution in [0.15, 0.2) is 16.5 Å². The predicted molar refractivity (Wildman–Crippen MR) is 57.8 cm³/mol. The number of rotatable bonds is 2. The number of oxime groups is 1. The van der Waals surface area contributed by atoms with E-state index in [9.17, 15) is 9.90 Å². The van der Waals surface area contributed by atoms with Gasteiger partial charge in [-0.2, -0.15) is 0 Å². The van der Waals surface area contributed by atoms with Crippen molar-refractivity contribution in [2.45, 2.75) is 33.6 Å². The number of hydrogen-bond acceptors (Lipinski definition) is 4. The van der Waals surface area contributed by atoms with Gasteiger partial charge in [-0.3, -0.25) is 4.79 Å². The lowest BCUT2D eigenvalue weighted by Gasteiger charge is -2.29. The summed E-state index contributed by atoms with van der Waals surface area (Å²) in [6.07, 6.45) is 0.938. The molecule has 0 aromatic heterocycles. The fourth-order valence-corrected chi connectivity index (χ4v) is 1.88. The molecule has 4 heteroatoms. The molecule has 0 aromatic carbocycles. The number of Topliss-reactive ketones (excluding diaryl/α,β-unsaturated/α-hetero) is 1. The van der Waals surface area contributed by atoms with E-state index in [1.807, 2.05) is 13.8 Å². The van der Waals surface area contributed by atoms with Crippen molar-refractivity contribution >= 4 is 11.5 Å². The van der Waals surface area contributed by atoms with E-state index >= 15 is 0 Å². The van der Waals surface area contributed by atoms with Crippen LogP contribution in [0.2, 0.25) is 0 Å². The van der Waals surface area contributed by atoms with Gasteiger partial charge < -0.3 is 9.94 Å². The van der Waals surface area contributed by atoms with E-state index in [1.165, 1.54) is 7.11 Å². The van der Waals surface area contributed by atoms with Crippen LogP contribution in [-0.4, -0.2) is 23.7 Å². The number of allylic oxidation sites excluding steroid dienone is 2. The lowest BCUT2D eigenvalue weighted by atomic mass is 9.76. The number of carbonyl (C=O) groups is 1. The van der Waals surface area contributed by atoms with Gasteiger partial charge in [0.15, 0.2) is 5.78 Å². The minimum atomic E-state index is -0.169. The predicted octanol–water partition coefficient (Wildman–Crippen LogP) is 2.21. The monoisotopic (exact) mass is 211 g/mol. The smallest absolute Gasteiger partial charge is 0.168 e. The van der Waals surface area contributed by atoms with Crippen LogP contribution in [0.5, 0.6) is 0 Å². The molecule has 1 rings (SSSR count). The lowest BCUT2D eigenvalue weighted by molar-refractivity contribution is -0.118. The van der Waals surface area contributed by atoms with Gasteiger partial charge in [-0.15, -0.1) is 0 Å². The van der Waals surface area contributed by atoms with Crippen molar-refractivity contribution in [2.24, 2.45) is 10.6 Å². The molecule has 4 nitrogen and oxygen atoms in total. The molecule has 0 fully saturated rings. The molecule has 0 unspecified atom stereocenters. The van der Waals surface area contributed by atoms with E-state index in [0.29, 0.717) is 24.1 Å². The highest BCUT2D eigenvalue weighted by molar-refractivity contribution is 6.22. The minimum Gasteiger partial charge on any atom is -0.511 e. The number of nitrogens with zero attached hydrogens (tertiary/aromatic N) is 1. The van der Waals surface area contributed by atoms with E-state index in [0.717, 1.165) is 0 Å². The van der Waals surface area contributed by atoms with E-state index in [4.69, 9.17) is 0 Å². The third-order valence-corrected chi connectivity index (χ3v) is 2.44. The van der Waals surface area contributed by atoms with Crippen molar-refractivity contribution in [2.75, 3.05) is 7.11 Å². The van der Waals surface area contributed by atoms with Crippen LogP contribution in [0.25, 0.3) is 0 Å². The Bertz CT molecular complexity index is 340. The Labute approximate surface area is 89.6 Å². The van der Waals surface area contributed by atoms with Gasteiger partial charge in [0.2, 0.25) is 0 Å². The zero-order valence-corrected chi connectivity index (χ0v) is 9.63. The first kappa shape index (κ1) is 11.8. The number of aliphatic hydroxyl groups excluding tert-OH is 1. The highest BCUT2D eigenvalue weighted by Gasteiger charge is 2.34. The van der Waals surface area contributed by atoms with Crippen LogP contribution in [-0.2, 0) is 9.63 Å². The Hall–Kier alpha value is -1.32. The highest BCUT2D eigenvalue weighted by atomic mass is 16.6. The summed E-state index contributed by atoms with van der Waals surface area (Å²) in [4.78, 5) is 16.4. The molecule has 1 aliphatic carbocycles. The van der Waals surface area contributed by atoms with Crippen molar-refractivity contribution in [3.63, 3.8) is 0 Å². The maximum absolute atomic E-state index is 11.8. The second-order valence-electron chi connectivity index (χ2n) is 4.62. The van der Waals surface area contributed by atoms with Crippen LogP contribution in [0, 0.1) is 5.41 Å². The molecule has 0 aliphatic heterocycles. The van der Waals surface area contributed by atoms with Gasteiger partial charge in [0.1, 0.15) is 12.9 Å². The average molecular weight is 211 g/mol. The van der Waals surface area contributed by atoms with Crippen LogP contribution >= 0.6 is 0 Å². The standard InChI is InChI=1S/C11H17NO3/c1-7(12-15-4)10-8(13)5-11(2,3)6-9(10)14/h13H,5-6H2,1-4H3/b12-7-. The summed E-state index contributed by atoms with van der Waals surface area (Å²) in [5.74, 6) is 0.0524. The molecule has 0 radical (unpaired) electrons. The van der Waals surface area contributed by atoms with Crippen molar-refractivity contribution < 1.29 is 14.7 Å². The van der Waals surface area contributed by atoms with E-state index < -0.39 is 0 Å². The van der Waals surface area contributed by atoms with Gasteiger partial charge in [0, 0.05) is 12.8 Å². The SMILES string of the molecule is CO/N=C(/C)C1=C(O)CC(C)(C)CC1=O. The Balaban J connectivity index is 3.08. The molecule has 1 aliphatic rings. The number of ketones is 1. The third kappa shape index (κ3) is 2.58. The summed E-state index contributed by atoms with van der Waals surface area (Å²) in [5, 5.41) is 13.5. The largest absolute Gasteiger partial charge is 0.511 e. The summed E-state index contributed by atoms with van der Waals surface area (Å²) < 4.78 is 0. The molecule has 0 atom stereocenters. The third-order valence-electron chi connectivity index (χ3n) is 2.44. The molecule has 84 valence electrons. The van der Waals surface area contributed by atoms with E-state index in [1.54, 1.807) is 6.92 Å². The molecule has 0 aromatic rings. The Morgan fingerprint density at radius 3 is 2.53 bits per heavy atom. The molecular weight excluding hydrogens is 194 g/mol. The van der Waals surface area contributed by atoms with Crippen LogP contribution in [0.4, 0.5) is 0 Å². The van der Waals surface area contributed by atoms with Gasteiger partial charge in [0.25, 0.3) is 0 Å². The quantitative estimate of drug-likeness (QED) is 0.562. The Morgan fingerprint density at radius 2 is 2.07 bits per heavy atom. The topological polar surface area (TPSA) is 58.9 Å². The van der Waals surface area contributed by atoms with Gasteiger partial charge >= 0.3 is 0 Å². The summed E-state index contributed by atoms with van der Waals surface area (Å²) in [7, 11) is 1.42. The molecule has 0 amide bonds. The average Bonchev–Trinajstić information content (AvgIpc) is 1.99. The van der Waals surface area contributed by atoms with Gasteiger partial charge in [-0.05, 0) is 12.3 Å². The fraction of sp³-hybridized carbons (Fsp3) is 0.636. The molecule has 0 saturated heterocycles. The maximum atomic E-state index is 11.8. The molecule has 0 saturated carbocycles. The molecule has 15 heavy (non-hydrogen) atoms. The first-order valence-electron chi connectivity index (χ1n) is 4.91. The fourth-order valence-electron chi connectivity index (χ4n) is 1.88. The molecule has 0 heterocycles. The lowest BCUT2D eigenvalue weighted by Crippen LogP contribution is -2.28. The zero-order chi connectivity index (χ0) is 11.6. The minimum absolute atomic E-state index is 0.0675. The highest BCUT2D eigenvalue weighted by Crippen LogP contribution is 2.35. The normalized spacial score (nSPS) is 21.9. The van der Waals surface area contributed by atoms with Crippen molar-refractivity contribution in [3.8, 4) is 0 Å². The van der Waals surface area contributed by atoms with Gasteiger partial charge in [-0.1, -0.05) is 19.0 Å². The van der Waals surface area contributed by atoms with Crippen LogP contribution in [0.3, 0.4) is 0 Å². The second kappa shape index (κ2) is 4.04. The molecular formula is C11H17NO3. The number of hydrogen-bond donors (Lipinski definition) is 1. The number of carbonyl (C=O) groups excluding carboxylic acids is 1. The van der Waals surface area contributed by atoms with E-state index in [-0.39, 0.29) is 17.0 Å². The first-order valence-corrected chi connectivity index (χ1v) is 4.91. The van der Waals surface area contributed by atoms with Gasteiger partial charge in [-0.25, -0.2) is 0 Å². The van der Waals surface area contributed by atoms with Crippen molar-refractivity contribution in [1.82, 2.24) is 0 Å². The molecule has 0 spiro atoms. The maximum Gasteiger partial charge on any atom is 0.168 e. The Kier molecular flexibility index (Phi) is 3.17. The zero-order valence-electron chi connectivity index (χ0n) is 9.63. The van der Waals surface area contributed by atoms with E-state index in [2.05, 4.69) is 9.99 Å². The molecule has 0 bridgehead atoms. The van der Waals surface area contributed by atoms with Gasteiger partial charge in [0.05, 0.1) is 11.3 Å². The summed E-state index contributed by atoms with van der Waals surface area (Å²) in [6, 6.07) is 0. The number of aliphatic hydroxyl groups is 1. The summed E-state index contributed by atoms with van der Waals surface area (Å²) >= 11 is 0.